The Kier molecular flexibility index (Phi) is 4.55. The van der Waals surface area contributed by atoms with Gasteiger partial charge < -0.3 is 5.73 Å². The second-order valence-corrected chi connectivity index (χ2v) is 5.09. The second kappa shape index (κ2) is 6.95. The van der Waals surface area contributed by atoms with Gasteiger partial charge in [-0.3, -0.25) is 0 Å². The maximum absolute atomic E-state index is 13.6. The Labute approximate surface area is 142 Å². The molecule has 9 heteroatoms. The van der Waals surface area contributed by atoms with Gasteiger partial charge in [0.1, 0.15) is 6.34 Å². The highest BCUT2D eigenvalue weighted by Crippen LogP contribution is 2.31. The molecule has 7 nitrogen and oxygen atoms in total. The minimum absolute atomic E-state index is 0.000454. The Morgan fingerprint density at radius 1 is 1.20 bits per heavy atom. The SMILES string of the molecule is NC=Nc1cc(F)c(F)cc1N1C=NN(Cc2ccccc2)NC1=O. The average molecular weight is 344 g/mol. The first-order valence-corrected chi connectivity index (χ1v) is 7.27. The second-order valence-electron chi connectivity index (χ2n) is 5.09. The Morgan fingerprint density at radius 2 is 1.92 bits per heavy atom. The van der Waals surface area contributed by atoms with E-state index in [4.69, 9.17) is 5.73 Å². The van der Waals surface area contributed by atoms with Gasteiger partial charge >= 0.3 is 6.03 Å². The number of anilines is 1. The van der Waals surface area contributed by atoms with E-state index in [2.05, 4.69) is 15.5 Å². The average Bonchev–Trinajstić information content (AvgIpc) is 2.60. The highest BCUT2D eigenvalue weighted by molar-refractivity contribution is 6.10. The van der Waals surface area contributed by atoms with Crippen LogP contribution in [-0.2, 0) is 6.54 Å². The Bertz CT molecular complexity index is 840. The molecule has 1 aliphatic rings. The van der Waals surface area contributed by atoms with Crippen molar-refractivity contribution in [2.24, 2.45) is 15.8 Å². The number of nitrogens with zero attached hydrogens (tertiary/aromatic N) is 4. The van der Waals surface area contributed by atoms with Gasteiger partial charge in [0, 0.05) is 12.1 Å². The molecule has 0 radical (unpaired) electrons. The van der Waals surface area contributed by atoms with Crippen LogP contribution in [0.15, 0.2) is 52.6 Å². The fraction of sp³-hybridized carbons (Fsp3) is 0.0625. The zero-order valence-corrected chi connectivity index (χ0v) is 12.9. The van der Waals surface area contributed by atoms with E-state index in [9.17, 15) is 13.6 Å². The zero-order valence-electron chi connectivity index (χ0n) is 12.9. The molecule has 1 heterocycles. The zero-order chi connectivity index (χ0) is 17.8. The van der Waals surface area contributed by atoms with Crippen LogP contribution in [0.25, 0.3) is 0 Å². The number of nitrogens with one attached hydrogen (secondary N) is 1. The Balaban J connectivity index is 1.86. The summed E-state index contributed by atoms with van der Waals surface area (Å²) in [4.78, 5) is 17.1. The molecular weight excluding hydrogens is 330 g/mol. The standard InChI is InChI=1S/C16H14F2N6O/c17-12-6-14(20-9-19)15(7-13(12)18)23-10-21-24(22-16(23)25)8-11-4-2-1-3-5-11/h1-7,9-10H,8H2,(H2,19,20)(H,22,25). The molecule has 2 aromatic carbocycles. The molecule has 0 aliphatic carbocycles. The fourth-order valence-electron chi connectivity index (χ4n) is 2.27. The number of rotatable bonds is 4. The monoisotopic (exact) mass is 344 g/mol. The van der Waals surface area contributed by atoms with E-state index in [0.29, 0.717) is 6.54 Å². The van der Waals surface area contributed by atoms with Crippen LogP contribution in [0.3, 0.4) is 0 Å². The van der Waals surface area contributed by atoms with Crippen molar-refractivity contribution in [3.63, 3.8) is 0 Å². The van der Waals surface area contributed by atoms with Crippen LogP contribution >= 0.6 is 0 Å². The molecule has 0 unspecified atom stereocenters. The summed E-state index contributed by atoms with van der Waals surface area (Å²) in [5.41, 5.74) is 8.71. The van der Waals surface area contributed by atoms with Crippen molar-refractivity contribution in [1.82, 2.24) is 10.5 Å². The number of carbonyl (C=O) groups excluding carboxylic acids is 1. The van der Waals surface area contributed by atoms with Gasteiger partial charge in [-0.25, -0.2) is 28.9 Å². The molecule has 2 aromatic rings. The largest absolute Gasteiger partial charge is 0.390 e. The van der Waals surface area contributed by atoms with E-state index in [-0.39, 0.29) is 11.4 Å². The first kappa shape index (κ1) is 16.4. The summed E-state index contributed by atoms with van der Waals surface area (Å²) in [7, 11) is 0. The lowest BCUT2D eigenvalue weighted by molar-refractivity contribution is 0.177. The Morgan fingerprint density at radius 3 is 2.60 bits per heavy atom. The van der Waals surface area contributed by atoms with Crippen LogP contribution in [0, 0.1) is 11.6 Å². The van der Waals surface area contributed by atoms with Crippen molar-refractivity contribution in [2.75, 3.05) is 4.90 Å². The summed E-state index contributed by atoms with van der Waals surface area (Å²) >= 11 is 0. The van der Waals surface area contributed by atoms with Crippen LogP contribution in [0.4, 0.5) is 25.0 Å². The molecular formula is C16H14F2N6O. The number of halogens is 2. The highest BCUT2D eigenvalue weighted by Gasteiger charge is 2.24. The summed E-state index contributed by atoms with van der Waals surface area (Å²) in [5, 5.41) is 5.42. The lowest BCUT2D eigenvalue weighted by Gasteiger charge is -2.29. The van der Waals surface area contributed by atoms with Crippen molar-refractivity contribution in [1.29, 1.82) is 0 Å². The van der Waals surface area contributed by atoms with Gasteiger partial charge in [0.05, 0.1) is 24.3 Å². The molecule has 128 valence electrons. The summed E-state index contributed by atoms with van der Waals surface area (Å²) in [6.45, 7) is 0.350. The number of hydrogen-bond acceptors (Lipinski definition) is 4. The summed E-state index contributed by atoms with van der Waals surface area (Å²) in [6, 6.07) is 10.5. The van der Waals surface area contributed by atoms with Crippen molar-refractivity contribution in [3.8, 4) is 0 Å². The number of hydrazine groups is 1. The number of amides is 2. The third kappa shape index (κ3) is 3.55. The molecule has 0 bridgehead atoms. The minimum Gasteiger partial charge on any atom is -0.390 e. The summed E-state index contributed by atoms with van der Waals surface area (Å²) < 4.78 is 27.0. The Hall–Kier alpha value is -3.49. The molecule has 3 rings (SSSR count). The van der Waals surface area contributed by atoms with E-state index in [1.807, 2.05) is 30.3 Å². The quantitative estimate of drug-likeness (QED) is 0.660. The molecule has 25 heavy (non-hydrogen) atoms. The normalized spacial score (nSPS) is 14.2. The molecule has 0 spiro atoms. The number of urea groups is 1. The molecule has 0 saturated carbocycles. The van der Waals surface area contributed by atoms with Crippen molar-refractivity contribution >= 4 is 30.1 Å². The number of nitrogens with two attached hydrogens (primary N) is 1. The number of carbonyl (C=O) groups is 1. The smallest absolute Gasteiger partial charge is 0.347 e. The molecule has 0 fully saturated rings. The lowest BCUT2D eigenvalue weighted by atomic mass is 10.2. The topological polar surface area (TPSA) is 86.3 Å². The highest BCUT2D eigenvalue weighted by atomic mass is 19.2. The van der Waals surface area contributed by atoms with Gasteiger partial charge in [-0.1, -0.05) is 30.3 Å². The third-order valence-corrected chi connectivity index (χ3v) is 3.42. The fourth-order valence-corrected chi connectivity index (χ4v) is 2.27. The molecule has 0 atom stereocenters. The first-order chi connectivity index (χ1) is 12.1. The molecule has 2 amide bonds. The summed E-state index contributed by atoms with van der Waals surface area (Å²) in [5.74, 6) is -2.21. The van der Waals surface area contributed by atoms with Crippen LogP contribution in [0.5, 0.6) is 0 Å². The van der Waals surface area contributed by atoms with Crippen molar-refractivity contribution < 1.29 is 13.6 Å². The predicted molar refractivity (Wildman–Crippen MR) is 90.2 cm³/mol. The third-order valence-electron chi connectivity index (χ3n) is 3.42. The van der Waals surface area contributed by atoms with Gasteiger partial charge in [0.25, 0.3) is 0 Å². The first-order valence-electron chi connectivity index (χ1n) is 7.27. The number of benzene rings is 2. The van der Waals surface area contributed by atoms with E-state index in [1.54, 1.807) is 0 Å². The van der Waals surface area contributed by atoms with Gasteiger partial charge in [-0.05, 0) is 5.56 Å². The van der Waals surface area contributed by atoms with Gasteiger partial charge in [-0.2, -0.15) is 5.12 Å². The molecule has 0 saturated heterocycles. The van der Waals surface area contributed by atoms with Crippen LogP contribution in [-0.4, -0.2) is 23.8 Å². The van der Waals surface area contributed by atoms with E-state index >= 15 is 0 Å². The van der Waals surface area contributed by atoms with Crippen LogP contribution < -0.4 is 16.1 Å². The van der Waals surface area contributed by atoms with Gasteiger partial charge in [-0.15, -0.1) is 5.10 Å². The maximum Gasteiger partial charge on any atom is 0.347 e. The van der Waals surface area contributed by atoms with Crippen molar-refractivity contribution in [2.45, 2.75) is 6.54 Å². The van der Waals surface area contributed by atoms with Gasteiger partial charge in [0.2, 0.25) is 0 Å². The lowest BCUT2D eigenvalue weighted by Crippen LogP contribution is -2.51. The number of hydrogen-bond donors (Lipinski definition) is 2. The molecule has 1 aliphatic heterocycles. The maximum atomic E-state index is 13.6. The minimum atomic E-state index is -1.11. The van der Waals surface area contributed by atoms with E-state index in [1.165, 1.54) is 11.5 Å². The summed E-state index contributed by atoms with van der Waals surface area (Å²) in [6.07, 6.45) is 2.13. The molecule has 0 aromatic heterocycles. The van der Waals surface area contributed by atoms with Crippen molar-refractivity contribution in [3.05, 3.63) is 59.7 Å². The molecule has 3 N–H and O–H groups in total. The number of hydrazone groups is 1. The van der Waals surface area contributed by atoms with E-state index < -0.39 is 17.7 Å². The van der Waals surface area contributed by atoms with Gasteiger partial charge in [0.15, 0.2) is 11.6 Å². The predicted octanol–water partition coefficient (Wildman–Crippen LogP) is 2.47. The van der Waals surface area contributed by atoms with Crippen LogP contribution in [0.2, 0.25) is 0 Å². The van der Waals surface area contributed by atoms with Crippen LogP contribution in [0.1, 0.15) is 5.56 Å². The van der Waals surface area contributed by atoms with E-state index in [0.717, 1.165) is 28.9 Å². The number of aliphatic imine (C=N–C) groups is 1.